The van der Waals surface area contributed by atoms with Gasteiger partial charge in [0, 0.05) is 41.2 Å². The highest BCUT2D eigenvalue weighted by Gasteiger charge is 2.56. The molecule has 0 spiro atoms. The van der Waals surface area contributed by atoms with Gasteiger partial charge in [-0.25, -0.2) is 0 Å². The van der Waals surface area contributed by atoms with Crippen LogP contribution in [0.3, 0.4) is 0 Å². The van der Waals surface area contributed by atoms with Crippen LogP contribution < -0.4 is 5.32 Å². The van der Waals surface area contributed by atoms with E-state index in [4.69, 9.17) is 47.1 Å². The average Bonchev–Trinajstić information content (AvgIpc) is 3.08. The van der Waals surface area contributed by atoms with Gasteiger partial charge in [-0.15, -0.1) is 0 Å². The summed E-state index contributed by atoms with van der Waals surface area (Å²) in [4.78, 5) is 75.3. The molecular weight excluding hydrogens is 779 g/mol. The van der Waals surface area contributed by atoms with Crippen molar-refractivity contribution in [3.63, 3.8) is 0 Å². The predicted octanol–water partition coefficient (Wildman–Crippen LogP) is 4.79. The van der Waals surface area contributed by atoms with Crippen LogP contribution in [-0.4, -0.2) is 125 Å². The smallest absolute Gasteiger partial charge is 0.303 e. The van der Waals surface area contributed by atoms with Crippen molar-refractivity contribution in [2.75, 3.05) is 13.2 Å². The number of amides is 1. The Labute approximate surface area is 344 Å². The van der Waals surface area contributed by atoms with E-state index < -0.39 is 106 Å². The molecule has 0 aromatic carbocycles. The molecule has 334 valence electrons. The molecule has 0 aromatic rings. The van der Waals surface area contributed by atoms with Gasteiger partial charge in [-0.3, -0.25) is 28.8 Å². The average molecular weight is 848 g/mol. The van der Waals surface area contributed by atoms with Crippen molar-refractivity contribution in [3.05, 3.63) is 0 Å². The van der Waals surface area contributed by atoms with Crippen LogP contribution in [0.4, 0.5) is 0 Å². The molecule has 1 unspecified atom stereocenters. The maximum Gasteiger partial charge on any atom is 0.303 e. The second-order valence-electron chi connectivity index (χ2n) is 16.5. The lowest BCUT2D eigenvalue weighted by Crippen LogP contribution is -2.66. The van der Waals surface area contributed by atoms with E-state index in [2.05, 4.69) is 46.1 Å². The first-order valence-corrected chi connectivity index (χ1v) is 23.3. The van der Waals surface area contributed by atoms with Crippen molar-refractivity contribution in [1.82, 2.24) is 5.32 Å². The summed E-state index contributed by atoms with van der Waals surface area (Å²) in [5.41, 5.74) is 0. The molecule has 1 N–H and O–H groups in total. The Morgan fingerprint density at radius 3 is 1.57 bits per heavy atom. The number of ether oxygens (including phenoxy) is 9. The highest BCUT2D eigenvalue weighted by atomic mass is 28.4. The van der Waals surface area contributed by atoms with Crippen LogP contribution in [0, 0.1) is 0 Å². The van der Waals surface area contributed by atoms with Crippen molar-refractivity contribution in [2.45, 2.75) is 207 Å². The van der Waals surface area contributed by atoms with E-state index in [0.29, 0.717) is 19.6 Å². The lowest BCUT2D eigenvalue weighted by molar-refractivity contribution is -0.367. The van der Waals surface area contributed by atoms with E-state index in [-0.39, 0.29) is 17.4 Å². The molecule has 1 amide bonds. The molecule has 0 aliphatic carbocycles. The van der Waals surface area contributed by atoms with Gasteiger partial charge in [-0.05, 0) is 38.4 Å². The number of esters is 5. The number of hydrogen-bond donors (Lipinski definition) is 1. The van der Waals surface area contributed by atoms with Gasteiger partial charge in [0.15, 0.2) is 57.5 Å². The molecule has 2 saturated heterocycles. The first-order chi connectivity index (χ1) is 27.0. The molecule has 0 saturated carbocycles. The fraction of sp³-hybridized carbons (Fsp3) is 0.850. The summed E-state index contributed by atoms with van der Waals surface area (Å²) in [5.74, 6) is -4.04. The van der Waals surface area contributed by atoms with E-state index in [0.717, 1.165) is 59.8 Å². The van der Waals surface area contributed by atoms with E-state index >= 15 is 0 Å². The summed E-state index contributed by atoms with van der Waals surface area (Å²) < 4.78 is 59.7. The molecular formula is C40H69NO16Si. The van der Waals surface area contributed by atoms with Gasteiger partial charge in [0.25, 0.3) is 0 Å². The molecule has 11 atom stereocenters. The molecule has 2 aliphatic heterocycles. The highest BCUT2D eigenvalue weighted by Crippen LogP contribution is 2.37. The molecule has 0 radical (unpaired) electrons. The minimum Gasteiger partial charge on any atom is -0.456 e. The van der Waals surface area contributed by atoms with Gasteiger partial charge in [0.05, 0.1) is 31.3 Å². The Hall–Kier alpha value is -3.16. The molecule has 58 heavy (non-hydrogen) atoms. The second-order valence-corrected chi connectivity index (χ2v) is 21.3. The standard InChI is InChI=1S/C40H69NO16Si/c1-14-15-16-17-18-19-30(22-31(47)41-20-21-48-58(12,13)40(9,10)11)56-38-37(35(54-28(7)45)33(23(2)49-38)52-26(5)43)57-39-36(55-29(8)46)34(53-27(6)44)32(24(3)50-39)51-25(4)42/h23-24,30,32-39H,14-22H2,1-13H3,(H,41,47)/t23-,24-,30?,32-,33-,34+,35+,36+,37+,38-,39-/m0/s1. The van der Waals surface area contributed by atoms with E-state index in [9.17, 15) is 28.8 Å². The van der Waals surface area contributed by atoms with Gasteiger partial charge in [0.2, 0.25) is 5.91 Å². The first-order valence-electron chi connectivity index (χ1n) is 20.4. The third-order valence-corrected chi connectivity index (χ3v) is 14.9. The lowest BCUT2D eigenvalue weighted by Gasteiger charge is -2.48. The zero-order valence-corrected chi connectivity index (χ0v) is 37.7. The maximum atomic E-state index is 13.4. The molecule has 0 aromatic heterocycles. The molecule has 17 nitrogen and oxygen atoms in total. The van der Waals surface area contributed by atoms with Crippen LogP contribution in [0.25, 0.3) is 0 Å². The number of carbonyl (C=O) groups is 6. The summed E-state index contributed by atoms with van der Waals surface area (Å²) in [6.45, 7) is 22.3. The molecule has 2 fully saturated rings. The monoisotopic (exact) mass is 847 g/mol. The zero-order chi connectivity index (χ0) is 44.0. The van der Waals surface area contributed by atoms with Crippen molar-refractivity contribution in [3.8, 4) is 0 Å². The van der Waals surface area contributed by atoms with Gasteiger partial charge >= 0.3 is 29.8 Å². The quantitative estimate of drug-likeness (QED) is 0.0713. The van der Waals surface area contributed by atoms with Crippen LogP contribution in [0.2, 0.25) is 18.1 Å². The Balaban J connectivity index is 2.56. The van der Waals surface area contributed by atoms with Crippen molar-refractivity contribution in [1.29, 1.82) is 0 Å². The highest BCUT2D eigenvalue weighted by molar-refractivity contribution is 6.74. The van der Waals surface area contributed by atoms with E-state index in [1.807, 2.05) is 0 Å². The van der Waals surface area contributed by atoms with Crippen LogP contribution in [0.1, 0.15) is 121 Å². The van der Waals surface area contributed by atoms with Crippen molar-refractivity contribution in [2.24, 2.45) is 0 Å². The van der Waals surface area contributed by atoms with Crippen LogP contribution in [0.15, 0.2) is 0 Å². The second kappa shape index (κ2) is 23.6. The number of carbonyl (C=O) groups excluding carboxylic acids is 6. The van der Waals surface area contributed by atoms with Crippen molar-refractivity contribution >= 4 is 44.1 Å². The number of unbranched alkanes of at least 4 members (excludes halogenated alkanes) is 4. The Kier molecular flexibility index (Phi) is 20.7. The number of rotatable bonds is 21. The van der Waals surface area contributed by atoms with Gasteiger partial charge in [0.1, 0.15) is 0 Å². The third-order valence-electron chi connectivity index (χ3n) is 10.3. The molecule has 18 heteroatoms. The molecule has 2 aliphatic rings. The summed E-state index contributed by atoms with van der Waals surface area (Å²) >= 11 is 0. The fourth-order valence-electron chi connectivity index (χ4n) is 6.52. The van der Waals surface area contributed by atoms with Crippen LogP contribution in [0.5, 0.6) is 0 Å². The normalized spacial score (nSPS) is 28.1. The minimum atomic E-state index is -2.03. The van der Waals surface area contributed by atoms with Gasteiger partial charge in [-0.2, -0.15) is 0 Å². The fourth-order valence-corrected chi connectivity index (χ4v) is 7.56. The number of nitrogens with one attached hydrogen (secondary N) is 1. The van der Waals surface area contributed by atoms with E-state index in [1.165, 1.54) is 13.8 Å². The third kappa shape index (κ3) is 16.5. The van der Waals surface area contributed by atoms with Gasteiger partial charge < -0.3 is 52.4 Å². The molecule has 0 bridgehead atoms. The lowest BCUT2D eigenvalue weighted by atomic mass is 9.96. The summed E-state index contributed by atoms with van der Waals surface area (Å²) in [7, 11) is -2.03. The predicted molar refractivity (Wildman–Crippen MR) is 210 cm³/mol. The summed E-state index contributed by atoms with van der Waals surface area (Å²) in [5, 5.41) is 2.94. The van der Waals surface area contributed by atoms with Crippen LogP contribution >= 0.6 is 0 Å². The molecule has 2 rings (SSSR count). The zero-order valence-electron chi connectivity index (χ0n) is 36.7. The van der Waals surface area contributed by atoms with Crippen molar-refractivity contribution < 1.29 is 75.8 Å². The SMILES string of the molecule is CCCCCCCC(CC(=O)NCCO[Si](C)(C)C(C)(C)C)O[C@@H]1O[C@@H](C)[C@H](OC(C)=O)[C@@H](OC(C)=O)[C@H]1O[C@@H]1O[C@@H](C)[C@H](OC(C)=O)[C@@H](OC(C)=O)[C@H]1OC(C)=O. The minimum absolute atomic E-state index is 0.00616. The summed E-state index contributed by atoms with van der Waals surface area (Å²) in [6, 6.07) is 0. The van der Waals surface area contributed by atoms with Gasteiger partial charge in [-0.1, -0.05) is 59.8 Å². The summed E-state index contributed by atoms with van der Waals surface area (Å²) in [6.07, 6.45) is -8.69. The Morgan fingerprint density at radius 1 is 0.638 bits per heavy atom. The molecule has 2 heterocycles. The Bertz CT molecular complexity index is 1370. The largest absolute Gasteiger partial charge is 0.456 e. The van der Waals surface area contributed by atoms with E-state index in [1.54, 1.807) is 6.92 Å². The Morgan fingerprint density at radius 2 is 1.09 bits per heavy atom. The topological polar surface area (TPSA) is 207 Å². The number of hydrogen-bond acceptors (Lipinski definition) is 16. The first kappa shape index (κ1) is 51.0. The maximum absolute atomic E-state index is 13.4. The van der Waals surface area contributed by atoms with Crippen LogP contribution in [-0.2, 0) is 75.8 Å².